The van der Waals surface area contributed by atoms with E-state index in [-0.39, 0.29) is 6.42 Å². The summed E-state index contributed by atoms with van der Waals surface area (Å²) in [6.45, 7) is 3.12. The molecule has 124 valence electrons. The summed E-state index contributed by atoms with van der Waals surface area (Å²) < 4.78 is 5.09. The van der Waals surface area contributed by atoms with E-state index in [4.69, 9.17) is 25.2 Å². The number of aliphatic hydroxyl groups is 2. The molecule has 4 N–H and O–H groups in total. The minimum atomic E-state index is -1.22. The number of benzene rings is 1. The molecule has 1 rings (SSSR count). The van der Waals surface area contributed by atoms with Crippen LogP contribution in [0.3, 0.4) is 0 Å². The molecule has 0 aliphatic carbocycles. The maximum absolute atomic E-state index is 10.7. The molecule has 3 atom stereocenters. The van der Waals surface area contributed by atoms with Crippen molar-refractivity contribution in [3.63, 3.8) is 0 Å². The van der Waals surface area contributed by atoms with Crippen molar-refractivity contribution in [2.75, 3.05) is 0 Å². The van der Waals surface area contributed by atoms with Gasteiger partial charge in [-0.3, -0.25) is 4.79 Å². The van der Waals surface area contributed by atoms with Gasteiger partial charge >= 0.3 is 11.9 Å². The van der Waals surface area contributed by atoms with Gasteiger partial charge in [-0.1, -0.05) is 25.1 Å². The monoisotopic (exact) mass is 314 g/mol. The lowest BCUT2D eigenvalue weighted by Gasteiger charge is -2.17. The number of rotatable bonds is 7. The van der Waals surface area contributed by atoms with Crippen LogP contribution in [0.15, 0.2) is 30.3 Å². The topological polar surface area (TPSA) is 124 Å². The first-order valence-electron chi connectivity index (χ1n) is 6.80. The number of carboxylic acid groups (broad SMARTS) is 2. The largest absolute Gasteiger partial charge is 0.481 e. The number of hydrogen-bond donors (Lipinski definition) is 4. The number of ether oxygens (including phenoxy) is 1. The molecule has 0 saturated carbocycles. The predicted octanol–water partition coefficient (Wildman–Crippen LogP) is 1.13. The molecular weight excluding hydrogens is 292 g/mol. The molecule has 0 aliphatic rings. The van der Waals surface area contributed by atoms with Crippen LogP contribution in [-0.4, -0.2) is 50.7 Å². The van der Waals surface area contributed by atoms with Gasteiger partial charge in [-0.05, 0) is 25.5 Å². The van der Waals surface area contributed by atoms with Gasteiger partial charge in [-0.25, -0.2) is 4.79 Å². The first-order valence-corrected chi connectivity index (χ1v) is 6.80. The summed E-state index contributed by atoms with van der Waals surface area (Å²) in [5.41, 5.74) is 0. The predicted molar refractivity (Wildman–Crippen MR) is 78.7 cm³/mol. The van der Waals surface area contributed by atoms with Crippen LogP contribution in [0.25, 0.3) is 0 Å². The van der Waals surface area contributed by atoms with E-state index in [1.165, 1.54) is 6.92 Å². The van der Waals surface area contributed by atoms with Gasteiger partial charge in [0, 0.05) is 0 Å². The number of aliphatic hydroxyl groups excluding tert-OH is 2. The summed E-state index contributed by atoms with van der Waals surface area (Å²) in [7, 11) is 0. The second kappa shape index (κ2) is 10.6. The quantitative estimate of drug-likeness (QED) is 0.594. The Bertz CT molecular complexity index is 444. The van der Waals surface area contributed by atoms with E-state index in [9.17, 15) is 9.59 Å². The zero-order valence-corrected chi connectivity index (χ0v) is 12.5. The molecule has 22 heavy (non-hydrogen) atoms. The minimum absolute atomic E-state index is 0.142. The molecule has 0 bridgehead atoms. The van der Waals surface area contributed by atoms with E-state index in [2.05, 4.69) is 0 Å². The Morgan fingerprint density at radius 3 is 2.00 bits per heavy atom. The van der Waals surface area contributed by atoms with Crippen LogP contribution in [0.2, 0.25) is 0 Å². The number of para-hydroxylation sites is 1. The van der Waals surface area contributed by atoms with Gasteiger partial charge in [-0.15, -0.1) is 0 Å². The fourth-order valence-electron chi connectivity index (χ4n) is 1.35. The summed E-state index contributed by atoms with van der Waals surface area (Å²) in [5.74, 6) is -1.69. The first kappa shape index (κ1) is 19.9. The molecule has 0 saturated heterocycles. The molecule has 0 aromatic heterocycles. The molecule has 0 aliphatic heterocycles. The van der Waals surface area contributed by atoms with Crippen molar-refractivity contribution in [3.8, 4) is 5.75 Å². The number of carboxylic acids is 2. The fraction of sp³-hybridized carbons (Fsp3) is 0.467. The summed E-state index contributed by atoms with van der Waals surface area (Å²) >= 11 is 0. The zero-order chi connectivity index (χ0) is 17.1. The van der Waals surface area contributed by atoms with E-state index >= 15 is 0 Å². The van der Waals surface area contributed by atoms with Crippen molar-refractivity contribution in [1.82, 2.24) is 0 Å². The van der Waals surface area contributed by atoms with Crippen molar-refractivity contribution in [2.24, 2.45) is 0 Å². The van der Waals surface area contributed by atoms with Crippen molar-refractivity contribution in [3.05, 3.63) is 30.3 Å². The Hall–Kier alpha value is -2.12. The third-order valence-electron chi connectivity index (χ3n) is 2.57. The highest BCUT2D eigenvalue weighted by molar-refractivity contribution is 5.73. The smallest absolute Gasteiger partial charge is 0.347 e. The Morgan fingerprint density at radius 2 is 1.68 bits per heavy atom. The molecule has 0 fully saturated rings. The fourth-order valence-corrected chi connectivity index (χ4v) is 1.35. The van der Waals surface area contributed by atoms with Gasteiger partial charge in [0.2, 0.25) is 6.10 Å². The number of hydrogen-bond acceptors (Lipinski definition) is 5. The average molecular weight is 314 g/mol. The minimum Gasteiger partial charge on any atom is -0.481 e. The van der Waals surface area contributed by atoms with Crippen molar-refractivity contribution < 1.29 is 34.8 Å². The van der Waals surface area contributed by atoms with Crippen molar-refractivity contribution >= 4 is 11.9 Å². The van der Waals surface area contributed by atoms with Crippen LogP contribution >= 0.6 is 0 Å². The van der Waals surface area contributed by atoms with E-state index in [1.807, 2.05) is 0 Å². The van der Waals surface area contributed by atoms with Gasteiger partial charge in [0.05, 0.1) is 18.6 Å². The molecule has 0 spiro atoms. The maximum Gasteiger partial charge on any atom is 0.347 e. The Balaban J connectivity index is 0.000000472. The summed E-state index contributed by atoms with van der Waals surface area (Å²) in [6.07, 6.45) is -2.58. The molecule has 1 aromatic rings. The van der Waals surface area contributed by atoms with Crippen LogP contribution < -0.4 is 4.74 Å². The molecule has 0 heterocycles. The number of aliphatic carboxylic acids is 2. The molecule has 7 heteroatoms. The highest BCUT2D eigenvalue weighted by atomic mass is 16.5. The van der Waals surface area contributed by atoms with E-state index in [0.717, 1.165) is 0 Å². The van der Waals surface area contributed by atoms with E-state index < -0.39 is 30.3 Å². The molecule has 0 amide bonds. The molecule has 0 radical (unpaired) electrons. The Morgan fingerprint density at radius 1 is 1.14 bits per heavy atom. The lowest BCUT2D eigenvalue weighted by atomic mass is 10.2. The standard InChI is InChI=1S/C10H12O4.C5H10O3/c1-7(11)9(10(12)13)14-8-5-3-2-4-6-8;1-2-4(6)3-5(7)8/h2-7,9,11H,1H3,(H,12,13);4,6H,2-3H2,1H3,(H,7,8). The second-order valence-corrected chi connectivity index (χ2v) is 4.59. The van der Waals surface area contributed by atoms with Crippen LogP contribution in [0.1, 0.15) is 26.7 Å². The van der Waals surface area contributed by atoms with Crippen LogP contribution in [0.5, 0.6) is 5.75 Å². The van der Waals surface area contributed by atoms with Gasteiger partial charge in [-0.2, -0.15) is 0 Å². The third kappa shape index (κ3) is 8.93. The SMILES string of the molecule is CC(O)C(Oc1ccccc1)C(=O)O.CCC(O)CC(=O)O. The zero-order valence-electron chi connectivity index (χ0n) is 12.5. The molecule has 1 aromatic carbocycles. The van der Waals surface area contributed by atoms with Crippen molar-refractivity contribution in [1.29, 1.82) is 0 Å². The van der Waals surface area contributed by atoms with Crippen molar-refractivity contribution in [2.45, 2.75) is 45.0 Å². The summed E-state index contributed by atoms with van der Waals surface area (Å²) in [6, 6.07) is 8.54. The van der Waals surface area contributed by atoms with Crippen LogP contribution in [0, 0.1) is 0 Å². The highest BCUT2D eigenvalue weighted by Gasteiger charge is 2.24. The molecular formula is C15H22O7. The second-order valence-electron chi connectivity index (χ2n) is 4.59. The van der Waals surface area contributed by atoms with E-state index in [1.54, 1.807) is 37.3 Å². The molecule has 3 unspecified atom stereocenters. The highest BCUT2D eigenvalue weighted by Crippen LogP contribution is 2.12. The number of carbonyl (C=O) groups is 2. The lowest BCUT2D eigenvalue weighted by molar-refractivity contribution is -0.149. The summed E-state index contributed by atoms with van der Waals surface area (Å²) in [5, 5.41) is 34.6. The lowest BCUT2D eigenvalue weighted by Crippen LogP contribution is -2.37. The third-order valence-corrected chi connectivity index (χ3v) is 2.57. The Labute approximate surface area is 128 Å². The Kier molecular flexibility index (Phi) is 9.56. The normalized spacial score (nSPS) is 14.0. The first-order chi connectivity index (χ1) is 10.3. The van der Waals surface area contributed by atoms with Crippen LogP contribution in [-0.2, 0) is 9.59 Å². The average Bonchev–Trinajstić information content (AvgIpc) is 2.45. The summed E-state index contributed by atoms with van der Waals surface area (Å²) in [4.78, 5) is 20.5. The van der Waals surface area contributed by atoms with E-state index in [0.29, 0.717) is 12.2 Å². The van der Waals surface area contributed by atoms with Gasteiger partial charge in [0.25, 0.3) is 0 Å². The van der Waals surface area contributed by atoms with Gasteiger partial charge in [0.15, 0.2) is 0 Å². The molecule has 7 nitrogen and oxygen atoms in total. The van der Waals surface area contributed by atoms with Gasteiger partial charge in [0.1, 0.15) is 5.75 Å². The maximum atomic E-state index is 10.7. The van der Waals surface area contributed by atoms with Crippen LogP contribution in [0.4, 0.5) is 0 Å². The van der Waals surface area contributed by atoms with Gasteiger partial charge < -0.3 is 25.2 Å².